The minimum atomic E-state index is -3.73. The third kappa shape index (κ3) is 4.66. The number of carboxylic acids is 1. The fraction of sp³-hybridized carbons (Fsp3) is 0.375. The second kappa shape index (κ2) is 7.46. The molecule has 8 heteroatoms. The molecule has 0 bridgehead atoms. The Morgan fingerprint density at radius 1 is 1.38 bits per heavy atom. The number of Topliss-reactive ketones (excluding diaryl/α,β-unsaturated/α-hetero) is 1. The number of sulfonamides is 1. The molecule has 1 aromatic carbocycles. The normalized spacial score (nSPS) is 21.7. The average Bonchev–Trinajstić information content (AvgIpc) is 2.50. The Morgan fingerprint density at radius 2 is 2.00 bits per heavy atom. The second-order valence-electron chi connectivity index (χ2n) is 5.76. The lowest BCUT2D eigenvalue weighted by Gasteiger charge is -2.24. The molecule has 0 aliphatic heterocycles. The fourth-order valence-corrected chi connectivity index (χ4v) is 3.88. The zero-order chi connectivity index (χ0) is 17.9. The number of carbonyl (C=O) groups excluding carboxylic acids is 1. The van der Waals surface area contributed by atoms with E-state index in [1.807, 2.05) is 0 Å². The molecule has 0 heterocycles. The molecule has 1 aliphatic carbocycles. The van der Waals surface area contributed by atoms with Crippen molar-refractivity contribution in [1.29, 1.82) is 0 Å². The van der Waals surface area contributed by atoms with Crippen molar-refractivity contribution in [2.45, 2.75) is 37.1 Å². The molecule has 0 saturated heterocycles. The van der Waals surface area contributed by atoms with Crippen molar-refractivity contribution in [3.05, 3.63) is 40.9 Å². The fourth-order valence-electron chi connectivity index (χ4n) is 2.48. The molecule has 2 atom stereocenters. The smallest absolute Gasteiger partial charge is 0.310 e. The van der Waals surface area contributed by atoms with Crippen molar-refractivity contribution < 1.29 is 23.1 Å². The van der Waals surface area contributed by atoms with E-state index < -0.39 is 28.0 Å². The van der Waals surface area contributed by atoms with Crippen molar-refractivity contribution in [1.82, 2.24) is 4.72 Å². The van der Waals surface area contributed by atoms with E-state index in [-0.39, 0.29) is 23.5 Å². The summed E-state index contributed by atoms with van der Waals surface area (Å²) in [4.78, 5) is 22.9. The van der Waals surface area contributed by atoms with Gasteiger partial charge in [0, 0.05) is 17.5 Å². The molecule has 1 aromatic rings. The molecule has 130 valence electrons. The van der Waals surface area contributed by atoms with Crippen LogP contribution in [0.15, 0.2) is 40.8 Å². The predicted molar refractivity (Wildman–Crippen MR) is 89.3 cm³/mol. The van der Waals surface area contributed by atoms with Gasteiger partial charge in [-0.3, -0.25) is 9.59 Å². The number of aliphatic carboxylic acids is 1. The van der Waals surface area contributed by atoms with Crippen LogP contribution in [-0.2, 0) is 19.6 Å². The van der Waals surface area contributed by atoms with Crippen molar-refractivity contribution in [2.24, 2.45) is 5.92 Å². The largest absolute Gasteiger partial charge is 0.481 e. The molecule has 1 saturated carbocycles. The van der Waals surface area contributed by atoms with E-state index in [0.717, 1.165) is 0 Å². The Kier molecular flexibility index (Phi) is 5.79. The van der Waals surface area contributed by atoms with Crippen LogP contribution in [0.5, 0.6) is 0 Å². The summed E-state index contributed by atoms with van der Waals surface area (Å²) in [5.41, 5.74) is 0.361. The lowest BCUT2D eigenvalue weighted by Crippen LogP contribution is -2.38. The molecule has 6 nitrogen and oxygen atoms in total. The Balaban J connectivity index is 2.14. The van der Waals surface area contributed by atoms with Crippen LogP contribution in [0.4, 0.5) is 0 Å². The van der Waals surface area contributed by atoms with Crippen molar-refractivity contribution in [3.8, 4) is 0 Å². The number of benzene rings is 1. The molecule has 1 aliphatic rings. The highest BCUT2D eigenvalue weighted by atomic mass is 35.5. The molecule has 2 rings (SSSR count). The van der Waals surface area contributed by atoms with Crippen LogP contribution in [0.1, 0.15) is 26.2 Å². The number of rotatable bonds is 5. The first kappa shape index (κ1) is 18.6. The summed E-state index contributed by atoms with van der Waals surface area (Å²) in [5, 5.41) is 9.38. The highest BCUT2D eigenvalue weighted by molar-refractivity contribution is 7.89. The summed E-state index contributed by atoms with van der Waals surface area (Å²) < 4.78 is 27.3. The first-order valence-electron chi connectivity index (χ1n) is 7.43. The van der Waals surface area contributed by atoms with Gasteiger partial charge in [0.15, 0.2) is 5.78 Å². The highest BCUT2D eigenvalue weighted by Crippen LogP contribution is 2.24. The van der Waals surface area contributed by atoms with E-state index in [2.05, 4.69) is 4.72 Å². The van der Waals surface area contributed by atoms with Gasteiger partial charge in [0.2, 0.25) is 10.0 Å². The Hall–Kier alpha value is -1.70. The maximum Gasteiger partial charge on any atom is 0.310 e. The monoisotopic (exact) mass is 371 g/mol. The Labute approximate surface area is 145 Å². The van der Waals surface area contributed by atoms with Crippen LogP contribution in [0, 0.1) is 5.92 Å². The maximum atomic E-state index is 12.4. The van der Waals surface area contributed by atoms with Gasteiger partial charge < -0.3 is 5.11 Å². The van der Waals surface area contributed by atoms with E-state index in [1.54, 1.807) is 0 Å². The number of hydrogen-bond donors (Lipinski definition) is 2. The second-order valence-corrected chi connectivity index (χ2v) is 7.91. The molecule has 0 aromatic heterocycles. The molecule has 0 spiro atoms. The van der Waals surface area contributed by atoms with E-state index in [1.165, 1.54) is 37.3 Å². The molecule has 24 heavy (non-hydrogen) atoms. The minimum absolute atomic E-state index is 0.0910. The molecular weight excluding hydrogens is 354 g/mol. The van der Waals surface area contributed by atoms with Gasteiger partial charge in [0.25, 0.3) is 0 Å². The predicted octanol–water partition coefficient (Wildman–Crippen LogP) is 2.39. The van der Waals surface area contributed by atoms with Crippen molar-refractivity contribution in [2.75, 3.05) is 0 Å². The summed E-state index contributed by atoms with van der Waals surface area (Å²) in [6.45, 7) is 1.48. The van der Waals surface area contributed by atoms with E-state index in [9.17, 15) is 18.0 Å². The van der Waals surface area contributed by atoms with Gasteiger partial charge in [-0.15, -0.1) is 0 Å². The summed E-state index contributed by atoms with van der Waals surface area (Å²) in [6.07, 6.45) is 2.15. The number of ketones is 1. The van der Waals surface area contributed by atoms with Gasteiger partial charge in [-0.25, -0.2) is 13.1 Å². The molecule has 1 fully saturated rings. The summed E-state index contributed by atoms with van der Waals surface area (Å²) >= 11 is 5.75. The van der Waals surface area contributed by atoms with Crippen molar-refractivity contribution in [3.63, 3.8) is 0 Å². The molecule has 0 amide bonds. The SMILES string of the molecule is CC(/C=C1/CC(NS(=O)(=O)c2ccc(Cl)cc2)CCC1=O)C(=O)O. The van der Waals surface area contributed by atoms with Gasteiger partial charge in [0.1, 0.15) is 0 Å². The number of halogens is 1. The van der Waals surface area contributed by atoms with Crippen LogP contribution in [-0.4, -0.2) is 31.3 Å². The minimum Gasteiger partial charge on any atom is -0.481 e. The lowest BCUT2D eigenvalue weighted by molar-refractivity contribution is -0.139. The first-order chi connectivity index (χ1) is 11.2. The number of hydrogen-bond acceptors (Lipinski definition) is 4. The van der Waals surface area contributed by atoms with E-state index >= 15 is 0 Å². The standard InChI is InChI=1S/C16H18ClNO5S/c1-10(16(20)21)8-11-9-13(4-7-15(11)19)18-24(22,23)14-5-2-12(17)3-6-14/h2-3,5-6,8,10,13,18H,4,7,9H2,1H3,(H,20,21)/b11-8-. The first-order valence-corrected chi connectivity index (χ1v) is 9.30. The summed E-state index contributed by atoms with van der Waals surface area (Å²) in [6, 6.07) is 5.33. The van der Waals surface area contributed by atoms with Crippen LogP contribution < -0.4 is 4.72 Å². The number of nitrogens with one attached hydrogen (secondary N) is 1. The van der Waals surface area contributed by atoms with Gasteiger partial charge >= 0.3 is 5.97 Å². The zero-order valence-electron chi connectivity index (χ0n) is 13.0. The quantitative estimate of drug-likeness (QED) is 0.774. The van der Waals surface area contributed by atoms with Gasteiger partial charge in [-0.1, -0.05) is 17.7 Å². The van der Waals surface area contributed by atoms with Crippen molar-refractivity contribution >= 4 is 33.4 Å². The lowest BCUT2D eigenvalue weighted by atomic mass is 9.88. The van der Waals surface area contributed by atoms with Gasteiger partial charge in [0.05, 0.1) is 10.8 Å². The summed E-state index contributed by atoms with van der Waals surface area (Å²) in [7, 11) is -3.73. The molecular formula is C16H18ClNO5S. The Bertz CT molecular complexity index is 770. The topological polar surface area (TPSA) is 101 Å². The molecule has 0 radical (unpaired) electrons. The van der Waals surface area contributed by atoms with Crippen LogP contribution in [0.2, 0.25) is 5.02 Å². The third-order valence-electron chi connectivity index (χ3n) is 3.83. The maximum absolute atomic E-state index is 12.4. The zero-order valence-corrected chi connectivity index (χ0v) is 14.6. The highest BCUT2D eigenvalue weighted by Gasteiger charge is 2.28. The third-order valence-corrected chi connectivity index (χ3v) is 5.62. The summed E-state index contributed by atoms with van der Waals surface area (Å²) in [5.74, 6) is -1.96. The van der Waals surface area contributed by atoms with Crippen LogP contribution in [0.25, 0.3) is 0 Å². The van der Waals surface area contributed by atoms with Gasteiger partial charge in [-0.05, 0) is 49.6 Å². The van der Waals surface area contributed by atoms with Crippen LogP contribution >= 0.6 is 11.6 Å². The van der Waals surface area contributed by atoms with Gasteiger partial charge in [-0.2, -0.15) is 0 Å². The average molecular weight is 372 g/mol. The number of carboxylic acid groups (broad SMARTS) is 1. The molecule has 2 N–H and O–H groups in total. The van der Waals surface area contributed by atoms with E-state index in [4.69, 9.17) is 16.7 Å². The molecule has 2 unspecified atom stereocenters. The Morgan fingerprint density at radius 3 is 2.58 bits per heavy atom. The van der Waals surface area contributed by atoms with E-state index in [0.29, 0.717) is 17.0 Å². The van der Waals surface area contributed by atoms with Crippen LogP contribution in [0.3, 0.4) is 0 Å². The number of carbonyl (C=O) groups is 2.